The van der Waals surface area contributed by atoms with Gasteiger partial charge in [-0.25, -0.2) is 9.48 Å². The van der Waals surface area contributed by atoms with Crippen molar-refractivity contribution in [2.75, 3.05) is 24.7 Å². The highest BCUT2D eigenvalue weighted by Gasteiger charge is 2.38. The van der Waals surface area contributed by atoms with Crippen LogP contribution >= 0.6 is 0 Å². The minimum absolute atomic E-state index is 0.0308. The standard InChI is InChI=1S/C26H39N3O4/c1-5-33-25(31)22-16-28(20-10-13-26(3,4)14-11-20)27-23(22)29(21-12-15-32-17-21)24(30)19-8-6-18(2)7-9-19/h10,16,18-19,21H,5-9,11-15,17H2,1-4H3. The molecular weight excluding hydrogens is 418 g/mol. The highest BCUT2D eigenvalue weighted by atomic mass is 16.5. The normalized spacial score (nSPS) is 27.2. The number of hydrogen-bond donors (Lipinski definition) is 0. The van der Waals surface area contributed by atoms with Crippen molar-refractivity contribution in [3.05, 3.63) is 17.8 Å². The summed E-state index contributed by atoms with van der Waals surface area (Å²) < 4.78 is 12.8. The van der Waals surface area contributed by atoms with E-state index in [9.17, 15) is 9.59 Å². The number of carbonyl (C=O) groups excluding carboxylic acids is 2. The SMILES string of the molecule is CCOC(=O)c1cn(C2=CCC(C)(C)CC2)nc1N(C(=O)C1CCC(C)CC1)C1CCOC1. The monoisotopic (exact) mass is 457 g/mol. The second kappa shape index (κ2) is 10.00. The Morgan fingerprint density at radius 2 is 2.00 bits per heavy atom. The number of amides is 1. The van der Waals surface area contributed by atoms with Crippen LogP contribution in [0.2, 0.25) is 0 Å². The smallest absolute Gasteiger partial charge is 0.343 e. The average molecular weight is 458 g/mol. The molecule has 182 valence electrons. The number of rotatable bonds is 6. The van der Waals surface area contributed by atoms with Crippen LogP contribution in [0.3, 0.4) is 0 Å². The fourth-order valence-corrected chi connectivity index (χ4v) is 5.20. The first kappa shape index (κ1) is 24.0. The van der Waals surface area contributed by atoms with Gasteiger partial charge in [0.2, 0.25) is 5.91 Å². The molecule has 1 amide bonds. The van der Waals surface area contributed by atoms with Crippen LogP contribution in [-0.4, -0.2) is 47.5 Å². The molecule has 0 radical (unpaired) electrons. The van der Waals surface area contributed by atoms with E-state index in [-0.39, 0.29) is 29.9 Å². The first-order valence-electron chi connectivity index (χ1n) is 12.7. The van der Waals surface area contributed by atoms with Crippen LogP contribution in [0.15, 0.2) is 12.3 Å². The van der Waals surface area contributed by atoms with E-state index in [0.717, 1.165) is 57.1 Å². The summed E-state index contributed by atoms with van der Waals surface area (Å²) in [5, 5.41) is 4.86. The Bertz CT molecular complexity index is 889. The highest BCUT2D eigenvalue weighted by Crippen LogP contribution is 2.38. The van der Waals surface area contributed by atoms with Gasteiger partial charge in [-0.05, 0) is 69.6 Å². The van der Waals surface area contributed by atoms with Crippen molar-refractivity contribution in [3.8, 4) is 0 Å². The fourth-order valence-electron chi connectivity index (χ4n) is 5.20. The average Bonchev–Trinajstić information content (AvgIpc) is 3.46. The van der Waals surface area contributed by atoms with Gasteiger partial charge >= 0.3 is 5.97 Å². The van der Waals surface area contributed by atoms with Crippen molar-refractivity contribution in [1.29, 1.82) is 0 Å². The minimum atomic E-state index is -0.426. The first-order valence-corrected chi connectivity index (χ1v) is 12.7. The summed E-state index contributed by atoms with van der Waals surface area (Å²) in [6, 6.07) is -0.104. The third kappa shape index (κ3) is 5.34. The van der Waals surface area contributed by atoms with Crippen LogP contribution in [-0.2, 0) is 14.3 Å². The van der Waals surface area contributed by atoms with Gasteiger partial charge in [0.15, 0.2) is 5.82 Å². The van der Waals surface area contributed by atoms with Crippen LogP contribution in [0.4, 0.5) is 5.82 Å². The van der Waals surface area contributed by atoms with Crippen molar-refractivity contribution in [1.82, 2.24) is 9.78 Å². The van der Waals surface area contributed by atoms with E-state index in [2.05, 4.69) is 26.8 Å². The van der Waals surface area contributed by atoms with Gasteiger partial charge in [0, 0.05) is 24.4 Å². The van der Waals surface area contributed by atoms with Crippen LogP contribution < -0.4 is 4.90 Å². The Labute approximate surface area is 197 Å². The van der Waals surface area contributed by atoms with E-state index in [4.69, 9.17) is 14.6 Å². The van der Waals surface area contributed by atoms with Crippen LogP contribution in [0.1, 0.15) is 89.4 Å². The van der Waals surface area contributed by atoms with Crippen molar-refractivity contribution in [2.24, 2.45) is 17.3 Å². The molecule has 2 fully saturated rings. The van der Waals surface area contributed by atoms with E-state index in [1.165, 1.54) is 0 Å². The maximum absolute atomic E-state index is 13.9. The Morgan fingerprint density at radius 3 is 2.61 bits per heavy atom. The molecular formula is C26H39N3O4. The number of ether oxygens (including phenoxy) is 2. The second-order valence-corrected chi connectivity index (χ2v) is 10.8. The largest absolute Gasteiger partial charge is 0.462 e. The van der Waals surface area contributed by atoms with Gasteiger partial charge < -0.3 is 9.47 Å². The lowest BCUT2D eigenvalue weighted by atomic mass is 9.80. The Morgan fingerprint density at radius 1 is 1.24 bits per heavy atom. The van der Waals surface area contributed by atoms with E-state index >= 15 is 0 Å². The maximum Gasteiger partial charge on any atom is 0.343 e. The zero-order chi connectivity index (χ0) is 23.6. The Hall–Kier alpha value is -2.15. The van der Waals surface area contributed by atoms with Crippen molar-refractivity contribution in [3.63, 3.8) is 0 Å². The summed E-state index contributed by atoms with van der Waals surface area (Å²) >= 11 is 0. The Kier molecular flexibility index (Phi) is 7.27. The molecule has 1 atom stereocenters. The molecule has 0 spiro atoms. The summed E-state index contributed by atoms with van der Waals surface area (Å²) in [6.45, 7) is 9.95. The lowest BCUT2D eigenvalue weighted by Crippen LogP contribution is -2.46. The number of aromatic nitrogens is 2. The number of nitrogens with zero attached hydrogens (tertiary/aromatic N) is 3. The highest BCUT2D eigenvalue weighted by molar-refractivity contribution is 6.02. The molecule has 1 saturated carbocycles. The van der Waals surface area contributed by atoms with Gasteiger partial charge in [-0.15, -0.1) is 5.10 Å². The van der Waals surface area contributed by atoms with Gasteiger partial charge in [0.05, 0.1) is 19.3 Å². The van der Waals surface area contributed by atoms with Gasteiger partial charge in [-0.2, -0.15) is 0 Å². The lowest BCUT2D eigenvalue weighted by molar-refractivity contribution is -0.124. The molecule has 0 N–H and O–H groups in total. The van der Waals surface area contributed by atoms with E-state index in [1.807, 2.05) is 0 Å². The predicted molar refractivity (Wildman–Crippen MR) is 128 cm³/mol. The summed E-state index contributed by atoms with van der Waals surface area (Å²) in [5.74, 6) is 0.709. The molecule has 7 heteroatoms. The summed E-state index contributed by atoms with van der Waals surface area (Å²) in [5.41, 5.74) is 1.71. The van der Waals surface area contributed by atoms with Gasteiger partial charge in [-0.3, -0.25) is 9.69 Å². The Balaban J connectivity index is 1.71. The molecule has 1 unspecified atom stereocenters. The quantitative estimate of drug-likeness (QED) is 0.558. The zero-order valence-electron chi connectivity index (χ0n) is 20.6. The number of carbonyl (C=O) groups is 2. The van der Waals surface area contributed by atoms with Gasteiger partial charge in [-0.1, -0.05) is 26.8 Å². The lowest BCUT2D eigenvalue weighted by Gasteiger charge is -2.33. The molecule has 0 aromatic carbocycles. The topological polar surface area (TPSA) is 73.7 Å². The fraction of sp³-hybridized carbons (Fsp3) is 0.731. The zero-order valence-corrected chi connectivity index (χ0v) is 20.6. The molecule has 4 rings (SSSR count). The molecule has 1 aromatic heterocycles. The summed E-state index contributed by atoms with van der Waals surface area (Å²) in [6.07, 6.45) is 11.5. The number of hydrogen-bond acceptors (Lipinski definition) is 5. The van der Waals surface area contributed by atoms with Gasteiger partial charge in [0.1, 0.15) is 5.56 Å². The van der Waals surface area contributed by atoms with Crippen molar-refractivity contribution < 1.29 is 19.1 Å². The van der Waals surface area contributed by atoms with Crippen LogP contribution in [0, 0.1) is 17.3 Å². The molecule has 1 aromatic rings. The molecule has 0 bridgehead atoms. The molecule has 2 heterocycles. The predicted octanol–water partition coefficient (Wildman–Crippen LogP) is 5.06. The van der Waals surface area contributed by atoms with Crippen molar-refractivity contribution in [2.45, 2.75) is 85.1 Å². The minimum Gasteiger partial charge on any atom is -0.462 e. The number of anilines is 1. The molecule has 1 saturated heterocycles. The molecule has 3 aliphatic rings. The molecule has 2 aliphatic carbocycles. The van der Waals surface area contributed by atoms with E-state index in [1.54, 1.807) is 22.7 Å². The summed E-state index contributed by atoms with van der Waals surface area (Å²) in [4.78, 5) is 28.6. The number of esters is 1. The third-order valence-electron chi connectivity index (χ3n) is 7.53. The first-order chi connectivity index (χ1) is 15.8. The van der Waals surface area contributed by atoms with E-state index < -0.39 is 5.97 Å². The second-order valence-electron chi connectivity index (χ2n) is 10.8. The molecule has 1 aliphatic heterocycles. The third-order valence-corrected chi connectivity index (χ3v) is 7.53. The maximum atomic E-state index is 13.9. The van der Waals surface area contributed by atoms with Crippen molar-refractivity contribution >= 4 is 23.4 Å². The van der Waals surface area contributed by atoms with E-state index in [0.29, 0.717) is 30.5 Å². The van der Waals surface area contributed by atoms with Gasteiger partial charge in [0.25, 0.3) is 0 Å². The van der Waals surface area contributed by atoms with Crippen LogP contribution in [0.25, 0.3) is 5.70 Å². The van der Waals surface area contributed by atoms with Crippen LogP contribution in [0.5, 0.6) is 0 Å². The number of allylic oxidation sites excluding steroid dienone is 2. The summed E-state index contributed by atoms with van der Waals surface area (Å²) in [7, 11) is 0. The molecule has 7 nitrogen and oxygen atoms in total. The molecule has 33 heavy (non-hydrogen) atoms.